The number of hydrogen-bond acceptors (Lipinski definition) is 2. The summed E-state index contributed by atoms with van der Waals surface area (Å²) in [7, 11) is 0. The first kappa shape index (κ1) is 16.3. The molecular weight excluding hydrogens is 277 g/mol. The zero-order valence-corrected chi connectivity index (χ0v) is 12.7. The van der Waals surface area contributed by atoms with Crippen molar-refractivity contribution in [3.63, 3.8) is 0 Å². The van der Waals surface area contributed by atoms with E-state index >= 15 is 0 Å². The third-order valence-electron chi connectivity index (χ3n) is 4.27. The van der Waals surface area contributed by atoms with Gasteiger partial charge in [0.25, 0.3) is 0 Å². The molecule has 21 heavy (non-hydrogen) atoms. The molecule has 0 aromatic heterocycles. The van der Waals surface area contributed by atoms with E-state index in [1.807, 2.05) is 0 Å². The van der Waals surface area contributed by atoms with Crippen LogP contribution < -0.4 is 5.43 Å². The van der Waals surface area contributed by atoms with E-state index in [2.05, 4.69) is 24.3 Å². The van der Waals surface area contributed by atoms with Crippen LogP contribution in [0.3, 0.4) is 0 Å². The standard InChI is InChI=1S/C16H23F3N2/c1-11-7-6-8-12(2)21(11)20-13(3)14-9-4-5-10-15(14)16(17,18)19/h4-5,9-13,20H,6-8H2,1-3H3. The van der Waals surface area contributed by atoms with Gasteiger partial charge in [-0.15, -0.1) is 0 Å². The normalized spacial score (nSPS) is 25.8. The summed E-state index contributed by atoms with van der Waals surface area (Å²) in [6.45, 7) is 6.02. The number of piperidine rings is 1. The summed E-state index contributed by atoms with van der Waals surface area (Å²) in [5.74, 6) is 0. The summed E-state index contributed by atoms with van der Waals surface area (Å²) in [6, 6.07) is 6.11. The van der Waals surface area contributed by atoms with Gasteiger partial charge in [0, 0.05) is 18.1 Å². The zero-order chi connectivity index (χ0) is 15.6. The van der Waals surface area contributed by atoms with Crippen LogP contribution in [0, 0.1) is 0 Å². The van der Waals surface area contributed by atoms with Crippen LogP contribution in [-0.4, -0.2) is 17.1 Å². The molecule has 0 saturated carbocycles. The van der Waals surface area contributed by atoms with Crippen molar-refractivity contribution in [2.45, 2.75) is 64.3 Å². The Kier molecular flexibility index (Phi) is 4.94. The number of hydrazine groups is 1. The largest absolute Gasteiger partial charge is 0.416 e. The Morgan fingerprint density at radius 2 is 1.71 bits per heavy atom. The molecule has 0 radical (unpaired) electrons. The highest BCUT2D eigenvalue weighted by Crippen LogP contribution is 2.35. The lowest BCUT2D eigenvalue weighted by atomic mass is 9.98. The fourth-order valence-corrected chi connectivity index (χ4v) is 3.10. The van der Waals surface area contributed by atoms with Gasteiger partial charge in [-0.25, -0.2) is 10.4 Å². The van der Waals surface area contributed by atoms with Gasteiger partial charge in [-0.2, -0.15) is 13.2 Å². The second-order valence-electron chi connectivity index (χ2n) is 5.97. The third kappa shape index (κ3) is 3.77. The predicted octanol–water partition coefficient (Wildman–Crippen LogP) is 4.53. The molecule has 1 aromatic carbocycles. The number of rotatable bonds is 3. The lowest BCUT2D eigenvalue weighted by Gasteiger charge is -2.41. The smallest absolute Gasteiger partial charge is 0.247 e. The molecule has 1 heterocycles. The number of nitrogens with one attached hydrogen (secondary N) is 1. The van der Waals surface area contributed by atoms with Crippen LogP contribution in [0.5, 0.6) is 0 Å². The maximum atomic E-state index is 13.1. The molecule has 2 nitrogen and oxygen atoms in total. The number of alkyl halides is 3. The number of benzene rings is 1. The molecule has 1 aromatic rings. The van der Waals surface area contributed by atoms with E-state index in [4.69, 9.17) is 0 Å². The second kappa shape index (κ2) is 6.36. The van der Waals surface area contributed by atoms with Gasteiger partial charge in [0.15, 0.2) is 0 Å². The van der Waals surface area contributed by atoms with Crippen molar-refractivity contribution in [1.82, 2.24) is 10.4 Å². The van der Waals surface area contributed by atoms with Crippen molar-refractivity contribution in [3.8, 4) is 0 Å². The summed E-state index contributed by atoms with van der Waals surface area (Å²) in [6.07, 6.45) is -0.990. The van der Waals surface area contributed by atoms with E-state index in [-0.39, 0.29) is 6.04 Å². The monoisotopic (exact) mass is 300 g/mol. The predicted molar refractivity (Wildman–Crippen MR) is 77.6 cm³/mol. The van der Waals surface area contributed by atoms with Crippen LogP contribution in [0.25, 0.3) is 0 Å². The van der Waals surface area contributed by atoms with Gasteiger partial charge in [-0.05, 0) is 45.2 Å². The van der Waals surface area contributed by atoms with Gasteiger partial charge in [-0.3, -0.25) is 0 Å². The van der Waals surface area contributed by atoms with E-state index in [0.717, 1.165) is 18.9 Å². The number of nitrogens with zero attached hydrogens (tertiary/aromatic N) is 1. The van der Waals surface area contributed by atoms with Gasteiger partial charge in [0.2, 0.25) is 0 Å². The first-order chi connectivity index (χ1) is 9.80. The molecule has 2 rings (SSSR count). The molecule has 118 valence electrons. The van der Waals surface area contributed by atoms with Gasteiger partial charge in [0.05, 0.1) is 5.56 Å². The highest BCUT2D eigenvalue weighted by molar-refractivity contribution is 5.31. The first-order valence-electron chi connectivity index (χ1n) is 7.51. The van der Waals surface area contributed by atoms with Crippen molar-refractivity contribution in [2.75, 3.05) is 0 Å². The van der Waals surface area contributed by atoms with Crippen molar-refractivity contribution in [1.29, 1.82) is 0 Å². The summed E-state index contributed by atoms with van der Waals surface area (Å²) >= 11 is 0. The molecule has 3 atom stereocenters. The topological polar surface area (TPSA) is 15.3 Å². The molecule has 3 unspecified atom stereocenters. The fourth-order valence-electron chi connectivity index (χ4n) is 3.10. The molecule has 0 aliphatic carbocycles. The molecular formula is C16H23F3N2. The summed E-state index contributed by atoms with van der Waals surface area (Å²) in [5.41, 5.74) is 3.03. The minimum atomic E-state index is -4.31. The second-order valence-corrected chi connectivity index (χ2v) is 5.97. The SMILES string of the molecule is CC(NN1C(C)CCCC1C)c1ccccc1C(F)(F)F. The van der Waals surface area contributed by atoms with E-state index in [9.17, 15) is 13.2 Å². The Bertz CT molecular complexity index is 463. The molecule has 0 bridgehead atoms. The third-order valence-corrected chi connectivity index (χ3v) is 4.27. The highest BCUT2D eigenvalue weighted by Gasteiger charge is 2.35. The van der Waals surface area contributed by atoms with Crippen LogP contribution in [0.15, 0.2) is 24.3 Å². The maximum Gasteiger partial charge on any atom is 0.416 e. The average molecular weight is 300 g/mol. The Hall–Kier alpha value is -1.07. The van der Waals surface area contributed by atoms with Crippen LogP contribution >= 0.6 is 0 Å². The fraction of sp³-hybridized carbons (Fsp3) is 0.625. The van der Waals surface area contributed by atoms with E-state index < -0.39 is 11.7 Å². The van der Waals surface area contributed by atoms with Crippen molar-refractivity contribution >= 4 is 0 Å². The molecule has 1 aliphatic rings. The zero-order valence-electron chi connectivity index (χ0n) is 12.7. The summed E-state index contributed by atoms with van der Waals surface area (Å²) < 4.78 is 39.3. The summed E-state index contributed by atoms with van der Waals surface area (Å²) in [5, 5.41) is 2.11. The minimum absolute atomic E-state index is 0.301. The van der Waals surface area contributed by atoms with Crippen molar-refractivity contribution in [3.05, 3.63) is 35.4 Å². The van der Waals surface area contributed by atoms with Gasteiger partial charge in [0.1, 0.15) is 0 Å². The van der Waals surface area contributed by atoms with Gasteiger partial charge in [-0.1, -0.05) is 24.6 Å². The quantitative estimate of drug-likeness (QED) is 0.882. The first-order valence-corrected chi connectivity index (χ1v) is 7.51. The van der Waals surface area contributed by atoms with E-state index in [0.29, 0.717) is 17.6 Å². The molecule has 0 spiro atoms. The van der Waals surface area contributed by atoms with Gasteiger partial charge < -0.3 is 0 Å². The lowest BCUT2D eigenvalue weighted by molar-refractivity contribution is -0.138. The van der Waals surface area contributed by atoms with E-state index in [1.54, 1.807) is 19.1 Å². The maximum absolute atomic E-state index is 13.1. The molecule has 1 N–H and O–H groups in total. The van der Waals surface area contributed by atoms with Crippen molar-refractivity contribution in [2.24, 2.45) is 0 Å². The lowest BCUT2D eigenvalue weighted by Crippen LogP contribution is -2.52. The Morgan fingerprint density at radius 1 is 1.14 bits per heavy atom. The Balaban J connectivity index is 2.19. The molecule has 1 fully saturated rings. The molecule has 0 amide bonds. The van der Waals surface area contributed by atoms with E-state index in [1.165, 1.54) is 12.5 Å². The molecule has 1 aliphatic heterocycles. The average Bonchev–Trinajstić information content (AvgIpc) is 2.42. The Labute approximate surface area is 124 Å². The van der Waals surface area contributed by atoms with Crippen LogP contribution in [0.4, 0.5) is 13.2 Å². The highest BCUT2D eigenvalue weighted by atomic mass is 19.4. The molecule has 5 heteroatoms. The van der Waals surface area contributed by atoms with Crippen LogP contribution in [-0.2, 0) is 6.18 Å². The van der Waals surface area contributed by atoms with Crippen LogP contribution in [0.1, 0.15) is 57.2 Å². The Morgan fingerprint density at radius 3 is 2.29 bits per heavy atom. The summed E-state index contributed by atoms with van der Waals surface area (Å²) in [4.78, 5) is 0. The molecule has 1 saturated heterocycles. The van der Waals surface area contributed by atoms with Gasteiger partial charge >= 0.3 is 6.18 Å². The van der Waals surface area contributed by atoms with Crippen molar-refractivity contribution < 1.29 is 13.2 Å². The minimum Gasteiger partial charge on any atom is -0.247 e. The number of halogens is 3. The van der Waals surface area contributed by atoms with Crippen LogP contribution in [0.2, 0.25) is 0 Å². The number of hydrogen-bond donors (Lipinski definition) is 1.